The molecular weight excluding hydrogens is 329 g/mol. The topological polar surface area (TPSA) is 21.3 Å². The summed E-state index contributed by atoms with van der Waals surface area (Å²) in [6, 6.07) is 11.7. The van der Waals surface area contributed by atoms with Crippen LogP contribution in [0, 0.1) is 0 Å². The first-order valence-corrected chi connectivity index (χ1v) is 7.34. The van der Waals surface area contributed by atoms with Crippen LogP contribution in [0.2, 0.25) is 10.0 Å². The second-order valence-corrected chi connectivity index (χ2v) is 5.71. The Kier molecular flexibility index (Phi) is 5.39. The number of ether oxygens (including phenoxy) is 1. The number of fused-ring (bicyclic) bond motifs is 1. The van der Waals surface area contributed by atoms with Gasteiger partial charge in [0.25, 0.3) is 0 Å². The second-order valence-electron chi connectivity index (χ2n) is 4.89. The van der Waals surface area contributed by atoms with E-state index in [1.54, 1.807) is 0 Å². The molecule has 1 heterocycles. The quantitative estimate of drug-likeness (QED) is 0.878. The Morgan fingerprint density at radius 1 is 1.14 bits per heavy atom. The molecule has 0 aromatic heterocycles. The van der Waals surface area contributed by atoms with Gasteiger partial charge in [0.2, 0.25) is 0 Å². The van der Waals surface area contributed by atoms with Gasteiger partial charge in [-0.2, -0.15) is 0 Å². The molecule has 3 rings (SSSR count). The lowest BCUT2D eigenvalue weighted by molar-refractivity contribution is 0.232. The zero-order chi connectivity index (χ0) is 14.1. The maximum absolute atomic E-state index is 6.31. The summed E-state index contributed by atoms with van der Waals surface area (Å²) >= 11 is 12.6. The molecule has 2 aromatic rings. The average molecular weight is 345 g/mol. The first-order valence-electron chi connectivity index (χ1n) is 6.58. The first-order chi connectivity index (χ1) is 9.70. The summed E-state index contributed by atoms with van der Waals surface area (Å²) in [5.41, 5.74) is 3.02. The van der Waals surface area contributed by atoms with Crippen molar-refractivity contribution in [2.75, 3.05) is 13.6 Å². The van der Waals surface area contributed by atoms with Crippen molar-refractivity contribution in [3.8, 4) is 16.9 Å². The fourth-order valence-electron chi connectivity index (χ4n) is 2.63. The fourth-order valence-corrected chi connectivity index (χ4v) is 3.23. The molecule has 1 aliphatic rings. The van der Waals surface area contributed by atoms with E-state index in [0.717, 1.165) is 29.8 Å². The Balaban J connectivity index is 0.00000161. The highest BCUT2D eigenvalue weighted by Crippen LogP contribution is 2.43. The minimum atomic E-state index is 0. The van der Waals surface area contributed by atoms with E-state index in [4.69, 9.17) is 27.9 Å². The second kappa shape index (κ2) is 6.89. The predicted octanol–water partition coefficient (Wildman–Crippen LogP) is 4.61. The van der Waals surface area contributed by atoms with Gasteiger partial charge >= 0.3 is 0 Å². The van der Waals surface area contributed by atoms with E-state index in [1.807, 2.05) is 37.4 Å². The molecule has 0 saturated carbocycles. The summed E-state index contributed by atoms with van der Waals surface area (Å²) in [5, 5.41) is 4.44. The van der Waals surface area contributed by atoms with E-state index in [0.29, 0.717) is 10.0 Å². The highest BCUT2D eigenvalue weighted by molar-refractivity contribution is 6.39. The third-order valence-corrected chi connectivity index (χ3v) is 4.12. The Morgan fingerprint density at radius 2 is 1.81 bits per heavy atom. The van der Waals surface area contributed by atoms with Crippen LogP contribution in [0.5, 0.6) is 5.75 Å². The van der Waals surface area contributed by atoms with Crippen LogP contribution >= 0.6 is 35.6 Å². The molecule has 2 nitrogen and oxygen atoms in total. The first kappa shape index (κ1) is 16.4. The fraction of sp³-hybridized carbons (Fsp3) is 0.250. The van der Waals surface area contributed by atoms with Crippen LogP contribution in [0.3, 0.4) is 0 Å². The van der Waals surface area contributed by atoms with E-state index in [-0.39, 0.29) is 18.5 Å². The van der Waals surface area contributed by atoms with Crippen LogP contribution in [0.15, 0.2) is 36.4 Å². The van der Waals surface area contributed by atoms with Gasteiger partial charge in [0.05, 0.1) is 10.0 Å². The standard InChI is InChI=1S/C16H15Cl2NO.ClH/c1-19-9-11-8-10-4-2-5-12(16(10)20-11)15-13(17)6-3-7-14(15)18;/h2-7,11,19H,8-9H2,1H3;1H. The van der Waals surface area contributed by atoms with Crippen molar-refractivity contribution in [3.63, 3.8) is 0 Å². The summed E-state index contributed by atoms with van der Waals surface area (Å²) in [7, 11) is 1.93. The van der Waals surface area contributed by atoms with E-state index in [1.165, 1.54) is 5.56 Å². The molecule has 0 bridgehead atoms. The van der Waals surface area contributed by atoms with Crippen molar-refractivity contribution < 1.29 is 4.74 Å². The highest BCUT2D eigenvalue weighted by atomic mass is 35.5. The van der Waals surface area contributed by atoms with Crippen molar-refractivity contribution in [3.05, 3.63) is 52.0 Å². The summed E-state index contributed by atoms with van der Waals surface area (Å²) in [6.45, 7) is 0.824. The Hall–Kier alpha value is -0.930. The van der Waals surface area contributed by atoms with Crippen LogP contribution in [0.1, 0.15) is 5.56 Å². The normalized spacial score (nSPS) is 16.0. The predicted molar refractivity (Wildman–Crippen MR) is 91.2 cm³/mol. The van der Waals surface area contributed by atoms with Crippen LogP contribution < -0.4 is 10.1 Å². The van der Waals surface area contributed by atoms with Gasteiger partial charge in [0, 0.05) is 24.1 Å². The largest absolute Gasteiger partial charge is 0.488 e. The lowest BCUT2D eigenvalue weighted by atomic mass is 10.0. The van der Waals surface area contributed by atoms with Gasteiger partial charge in [-0.15, -0.1) is 12.4 Å². The molecule has 1 unspecified atom stereocenters. The number of halogens is 3. The molecule has 21 heavy (non-hydrogen) atoms. The van der Waals surface area contributed by atoms with Crippen molar-refractivity contribution in [1.82, 2.24) is 5.32 Å². The molecule has 1 atom stereocenters. The van der Waals surface area contributed by atoms with Gasteiger partial charge in [0.1, 0.15) is 11.9 Å². The summed E-state index contributed by atoms with van der Waals surface area (Å²) in [4.78, 5) is 0. The maximum Gasteiger partial charge on any atom is 0.131 e. The lowest BCUT2D eigenvalue weighted by Gasteiger charge is -2.13. The van der Waals surface area contributed by atoms with Crippen LogP contribution in [-0.4, -0.2) is 19.7 Å². The molecule has 0 saturated heterocycles. The number of para-hydroxylation sites is 1. The van der Waals surface area contributed by atoms with Crippen LogP contribution in [-0.2, 0) is 6.42 Å². The summed E-state index contributed by atoms with van der Waals surface area (Å²) in [5.74, 6) is 0.905. The van der Waals surface area contributed by atoms with Crippen LogP contribution in [0.4, 0.5) is 0 Å². The van der Waals surface area contributed by atoms with Crippen molar-refractivity contribution in [1.29, 1.82) is 0 Å². The number of hydrogen-bond donors (Lipinski definition) is 1. The molecular formula is C16H16Cl3NO. The van der Waals surface area contributed by atoms with E-state index < -0.39 is 0 Å². The Bertz CT molecular complexity index is 625. The molecule has 0 radical (unpaired) electrons. The van der Waals surface area contributed by atoms with Gasteiger partial charge < -0.3 is 10.1 Å². The van der Waals surface area contributed by atoms with Gasteiger partial charge in [-0.25, -0.2) is 0 Å². The SMILES string of the molecule is CNCC1Cc2cccc(-c3c(Cl)cccc3Cl)c2O1.Cl. The minimum Gasteiger partial charge on any atom is -0.488 e. The molecule has 5 heteroatoms. The molecule has 1 N–H and O–H groups in total. The molecule has 112 valence electrons. The molecule has 0 aliphatic carbocycles. The van der Waals surface area contributed by atoms with Gasteiger partial charge in [0.15, 0.2) is 0 Å². The Morgan fingerprint density at radius 3 is 2.48 bits per heavy atom. The molecule has 2 aromatic carbocycles. The number of nitrogens with one attached hydrogen (secondary N) is 1. The van der Waals surface area contributed by atoms with E-state index in [9.17, 15) is 0 Å². The minimum absolute atomic E-state index is 0. The van der Waals surface area contributed by atoms with Crippen molar-refractivity contribution in [2.45, 2.75) is 12.5 Å². The zero-order valence-electron chi connectivity index (χ0n) is 11.5. The monoisotopic (exact) mass is 343 g/mol. The number of benzene rings is 2. The zero-order valence-corrected chi connectivity index (χ0v) is 13.9. The van der Waals surface area contributed by atoms with Gasteiger partial charge in [-0.1, -0.05) is 47.5 Å². The van der Waals surface area contributed by atoms with Crippen molar-refractivity contribution in [2.24, 2.45) is 0 Å². The smallest absolute Gasteiger partial charge is 0.131 e. The molecule has 0 spiro atoms. The van der Waals surface area contributed by atoms with Crippen molar-refractivity contribution >= 4 is 35.6 Å². The number of rotatable bonds is 3. The number of likely N-dealkylation sites (N-methyl/N-ethyl adjacent to an activating group) is 1. The summed E-state index contributed by atoms with van der Waals surface area (Å²) in [6.07, 6.45) is 1.07. The third kappa shape index (κ3) is 3.14. The van der Waals surface area contributed by atoms with Crippen LogP contribution in [0.25, 0.3) is 11.1 Å². The van der Waals surface area contributed by atoms with Gasteiger partial charge in [-0.05, 0) is 24.7 Å². The molecule has 0 amide bonds. The van der Waals surface area contributed by atoms with Gasteiger partial charge in [-0.3, -0.25) is 0 Å². The van der Waals surface area contributed by atoms with E-state index >= 15 is 0 Å². The maximum atomic E-state index is 6.31. The lowest BCUT2D eigenvalue weighted by Crippen LogP contribution is -2.27. The Labute approximate surface area is 140 Å². The molecule has 0 fully saturated rings. The van der Waals surface area contributed by atoms with E-state index in [2.05, 4.69) is 11.4 Å². The third-order valence-electron chi connectivity index (χ3n) is 3.49. The number of hydrogen-bond acceptors (Lipinski definition) is 2. The molecule has 1 aliphatic heterocycles. The summed E-state index contributed by atoms with van der Waals surface area (Å²) < 4.78 is 6.06. The highest BCUT2D eigenvalue weighted by Gasteiger charge is 2.26. The average Bonchev–Trinajstić information content (AvgIpc) is 2.82.